The van der Waals surface area contributed by atoms with Crippen molar-refractivity contribution in [3.63, 3.8) is 0 Å². The Morgan fingerprint density at radius 1 is 1.44 bits per heavy atom. The maximum absolute atomic E-state index is 12.3. The van der Waals surface area contributed by atoms with Crippen LogP contribution in [0.1, 0.15) is 25.3 Å². The molecule has 1 aliphatic rings. The summed E-state index contributed by atoms with van der Waals surface area (Å²) in [7, 11) is 0. The number of piperidine rings is 1. The summed E-state index contributed by atoms with van der Waals surface area (Å²) in [5, 5.41) is 13.5. The standard InChI is InChI=1S/C17H23N3O5/c1-3-25-17(22)13-5-4-8-19(10-13)11-16(21)18-15-7-6-14(20(23)24)9-12(15)2/h6-7,9,13H,3-5,8,10-11H2,1-2H3,(H,18,21). The van der Waals surface area contributed by atoms with E-state index in [1.54, 1.807) is 13.8 Å². The maximum atomic E-state index is 12.3. The van der Waals surface area contributed by atoms with Gasteiger partial charge in [-0.1, -0.05) is 0 Å². The van der Waals surface area contributed by atoms with Crippen LogP contribution in [0.25, 0.3) is 0 Å². The van der Waals surface area contributed by atoms with Crippen molar-refractivity contribution in [2.24, 2.45) is 5.92 Å². The lowest BCUT2D eigenvalue weighted by atomic mass is 9.98. The summed E-state index contributed by atoms with van der Waals surface area (Å²) in [6, 6.07) is 4.32. The smallest absolute Gasteiger partial charge is 0.310 e. The summed E-state index contributed by atoms with van der Waals surface area (Å²) in [6.07, 6.45) is 1.62. The first-order chi connectivity index (χ1) is 11.9. The fourth-order valence-electron chi connectivity index (χ4n) is 2.95. The van der Waals surface area contributed by atoms with Crippen LogP contribution in [0.4, 0.5) is 11.4 Å². The van der Waals surface area contributed by atoms with E-state index in [1.165, 1.54) is 18.2 Å². The molecule has 1 unspecified atom stereocenters. The van der Waals surface area contributed by atoms with Crippen molar-refractivity contribution in [3.05, 3.63) is 33.9 Å². The van der Waals surface area contributed by atoms with Crippen molar-refractivity contribution in [1.29, 1.82) is 0 Å². The van der Waals surface area contributed by atoms with Crippen LogP contribution in [0, 0.1) is 23.0 Å². The number of carbonyl (C=O) groups excluding carboxylic acids is 2. The zero-order valence-electron chi connectivity index (χ0n) is 14.5. The second-order valence-electron chi connectivity index (χ2n) is 6.13. The summed E-state index contributed by atoms with van der Waals surface area (Å²) in [5.41, 5.74) is 1.17. The molecule has 1 atom stereocenters. The minimum Gasteiger partial charge on any atom is -0.466 e. The van der Waals surface area contributed by atoms with Crippen molar-refractivity contribution in [2.45, 2.75) is 26.7 Å². The van der Waals surface area contributed by atoms with E-state index in [2.05, 4.69) is 5.32 Å². The van der Waals surface area contributed by atoms with Gasteiger partial charge in [-0.2, -0.15) is 0 Å². The summed E-state index contributed by atoms with van der Waals surface area (Å²) < 4.78 is 5.06. The highest BCUT2D eigenvalue weighted by molar-refractivity contribution is 5.93. The highest BCUT2D eigenvalue weighted by Crippen LogP contribution is 2.22. The number of non-ortho nitro benzene ring substituents is 1. The zero-order valence-corrected chi connectivity index (χ0v) is 14.5. The first kappa shape index (κ1) is 18.9. The van der Waals surface area contributed by atoms with E-state index >= 15 is 0 Å². The number of ether oxygens (including phenoxy) is 1. The van der Waals surface area contributed by atoms with E-state index in [9.17, 15) is 19.7 Å². The van der Waals surface area contributed by atoms with Crippen LogP contribution in [-0.4, -0.2) is 47.9 Å². The third-order valence-corrected chi connectivity index (χ3v) is 4.19. The minimum absolute atomic E-state index is 0.0104. The topological polar surface area (TPSA) is 102 Å². The fourth-order valence-corrected chi connectivity index (χ4v) is 2.95. The van der Waals surface area contributed by atoms with Crippen molar-refractivity contribution in [2.75, 3.05) is 31.6 Å². The van der Waals surface area contributed by atoms with E-state index in [0.717, 1.165) is 19.4 Å². The number of nitro groups is 1. The van der Waals surface area contributed by atoms with Crippen molar-refractivity contribution >= 4 is 23.3 Å². The lowest BCUT2D eigenvalue weighted by Gasteiger charge is -2.30. The van der Waals surface area contributed by atoms with Crippen LogP contribution >= 0.6 is 0 Å². The molecule has 8 heteroatoms. The lowest BCUT2D eigenvalue weighted by molar-refractivity contribution is -0.384. The van der Waals surface area contributed by atoms with E-state index in [1.807, 2.05) is 4.90 Å². The Kier molecular flexibility index (Phi) is 6.46. The molecule has 1 aliphatic heterocycles. The molecular weight excluding hydrogens is 326 g/mol. The number of hydrogen-bond donors (Lipinski definition) is 1. The predicted molar refractivity (Wildman–Crippen MR) is 92.3 cm³/mol. The van der Waals surface area contributed by atoms with Gasteiger partial charge in [0.1, 0.15) is 0 Å². The molecule has 0 radical (unpaired) electrons. The molecule has 0 bridgehead atoms. The average Bonchev–Trinajstić information content (AvgIpc) is 2.57. The Labute approximate surface area is 146 Å². The molecule has 1 amide bonds. The number of rotatable bonds is 6. The molecule has 136 valence electrons. The number of nitrogens with one attached hydrogen (secondary N) is 1. The molecule has 0 aromatic heterocycles. The molecule has 0 aliphatic carbocycles. The highest BCUT2D eigenvalue weighted by Gasteiger charge is 2.27. The van der Waals surface area contributed by atoms with Gasteiger partial charge in [-0.25, -0.2) is 0 Å². The van der Waals surface area contributed by atoms with Crippen molar-refractivity contribution in [1.82, 2.24) is 4.90 Å². The average molecular weight is 349 g/mol. The molecule has 1 fully saturated rings. The Balaban J connectivity index is 1.91. The molecule has 0 saturated carbocycles. The van der Waals surface area contributed by atoms with Gasteiger partial charge >= 0.3 is 5.97 Å². The second-order valence-corrected chi connectivity index (χ2v) is 6.13. The molecule has 1 aromatic rings. The summed E-state index contributed by atoms with van der Waals surface area (Å²) in [4.78, 5) is 36.3. The molecular formula is C17H23N3O5. The number of nitrogens with zero attached hydrogens (tertiary/aromatic N) is 2. The number of aryl methyl sites for hydroxylation is 1. The van der Waals surface area contributed by atoms with Gasteiger partial charge in [0.2, 0.25) is 5.91 Å². The quantitative estimate of drug-likeness (QED) is 0.479. The number of anilines is 1. The first-order valence-electron chi connectivity index (χ1n) is 8.34. The third kappa shape index (κ3) is 5.25. The van der Waals surface area contributed by atoms with E-state index in [-0.39, 0.29) is 30.0 Å². The van der Waals surface area contributed by atoms with Crippen LogP contribution in [0.2, 0.25) is 0 Å². The van der Waals surface area contributed by atoms with Gasteiger partial charge in [-0.3, -0.25) is 24.6 Å². The fraction of sp³-hybridized carbons (Fsp3) is 0.529. The van der Waals surface area contributed by atoms with Gasteiger partial charge in [0.25, 0.3) is 5.69 Å². The molecule has 1 heterocycles. The maximum Gasteiger partial charge on any atom is 0.310 e. The molecule has 1 aromatic carbocycles. The second kappa shape index (κ2) is 8.57. The van der Waals surface area contributed by atoms with Gasteiger partial charge in [-0.15, -0.1) is 0 Å². The molecule has 25 heavy (non-hydrogen) atoms. The number of hydrogen-bond acceptors (Lipinski definition) is 6. The Morgan fingerprint density at radius 2 is 2.20 bits per heavy atom. The van der Waals surface area contributed by atoms with Gasteiger partial charge < -0.3 is 10.1 Å². The minimum atomic E-state index is -0.470. The van der Waals surface area contributed by atoms with Gasteiger partial charge in [0, 0.05) is 24.4 Å². The molecule has 2 rings (SSSR count). The van der Waals surface area contributed by atoms with Crippen LogP contribution in [0.15, 0.2) is 18.2 Å². The van der Waals surface area contributed by atoms with Gasteiger partial charge in [-0.05, 0) is 44.9 Å². The largest absolute Gasteiger partial charge is 0.466 e. The number of amides is 1. The number of carbonyl (C=O) groups is 2. The molecule has 1 N–H and O–H groups in total. The van der Waals surface area contributed by atoms with Gasteiger partial charge in [0.15, 0.2) is 0 Å². The van der Waals surface area contributed by atoms with Crippen LogP contribution < -0.4 is 5.32 Å². The molecule has 8 nitrogen and oxygen atoms in total. The van der Waals surface area contributed by atoms with E-state index in [0.29, 0.717) is 24.4 Å². The lowest BCUT2D eigenvalue weighted by Crippen LogP contribution is -2.43. The Bertz CT molecular complexity index is 662. The highest BCUT2D eigenvalue weighted by atomic mass is 16.6. The predicted octanol–water partition coefficient (Wildman–Crippen LogP) is 2.12. The normalized spacial score (nSPS) is 17.8. The molecule has 1 saturated heterocycles. The van der Waals surface area contributed by atoms with Crippen LogP contribution in [-0.2, 0) is 14.3 Å². The SMILES string of the molecule is CCOC(=O)C1CCCN(CC(=O)Nc2ccc([N+](=O)[O-])cc2C)C1. The number of esters is 1. The van der Waals surface area contributed by atoms with E-state index < -0.39 is 4.92 Å². The summed E-state index contributed by atoms with van der Waals surface area (Å²) in [6.45, 7) is 5.27. The van der Waals surface area contributed by atoms with E-state index in [4.69, 9.17) is 4.74 Å². The third-order valence-electron chi connectivity index (χ3n) is 4.19. The van der Waals surface area contributed by atoms with Crippen molar-refractivity contribution in [3.8, 4) is 0 Å². The monoisotopic (exact) mass is 349 g/mol. The Morgan fingerprint density at radius 3 is 2.84 bits per heavy atom. The zero-order chi connectivity index (χ0) is 18.4. The molecule has 0 spiro atoms. The van der Waals surface area contributed by atoms with Gasteiger partial charge in [0.05, 0.1) is 24.0 Å². The number of nitro benzene ring substituents is 1. The van der Waals surface area contributed by atoms with Crippen LogP contribution in [0.5, 0.6) is 0 Å². The number of benzene rings is 1. The summed E-state index contributed by atoms with van der Waals surface area (Å²) in [5.74, 6) is -0.608. The Hall–Kier alpha value is -2.48. The number of likely N-dealkylation sites (tertiary alicyclic amines) is 1. The summed E-state index contributed by atoms with van der Waals surface area (Å²) >= 11 is 0. The first-order valence-corrected chi connectivity index (χ1v) is 8.34. The van der Waals surface area contributed by atoms with Crippen LogP contribution in [0.3, 0.4) is 0 Å². The van der Waals surface area contributed by atoms with Crippen molar-refractivity contribution < 1.29 is 19.2 Å².